The second-order valence-corrected chi connectivity index (χ2v) is 7.18. The predicted molar refractivity (Wildman–Crippen MR) is 87.9 cm³/mol. The molecule has 0 aliphatic heterocycles. The Morgan fingerprint density at radius 2 is 1.76 bits per heavy atom. The van der Waals surface area contributed by atoms with Crippen molar-refractivity contribution >= 4 is 18.5 Å². The first-order valence-corrected chi connectivity index (χ1v) is 7.98. The highest BCUT2D eigenvalue weighted by Gasteiger charge is 2.59. The van der Waals surface area contributed by atoms with Crippen molar-refractivity contribution in [2.75, 3.05) is 20.2 Å². The minimum atomic E-state index is -0.334. The Morgan fingerprint density at radius 1 is 1.14 bits per heavy atom. The molecule has 0 aromatic carbocycles. The fraction of sp³-hybridized carbons (Fsp3) is 0.938. The summed E-state index contributed by atoms with van der Waals surface area (Å²) in [5.74, 6) is 1.74. The number of fused-ring (bicyclic) bond motifs is 2. The highest BCUT2D eigenvalue weighted by atomic mass is 35.5. The Bertz CT molecular complexity index is 362. The average Bonchev–Trinajstić information content (AvgIpc) is 2.97. The third-order valence-corrected chi connectivity index (χ3v) is 6.16. The predicted octanol–water partition coefficient (Wildman–Crippen LogP) is 3.35. The van der Waals surface area contributed by atoms with Crippen LogP contribution in [0.1, 0.15) is 52.9 Å². The number of methoxy groups -OCH3 is 1. The number of hydrogen-bond donors (Lipinski definition) is 2. The molecule has 2 saturated carbocycles. The minimum Gasteiger partial charge on any atom is -0.453 e. The first-order chi connectivity index (χ1) is 9.41. The zero-order chi connectivity index (χ0) is 14.8. The molecular formula is C16H31ClN2O2. The zero-order valence-electron chi connectivity index (χ0n) is 13.8. The van der Waals surface area contributed by atoms with Crippen LogP contribution < -0.4 is 10.6 Å². The molecule has 2 aliphatic rings. The van der Waals surface area contributed by atoms with Gasteiger partial charge in [0.1, 0.15) is 0 Å². The lowest BCUT2D eigenvalue weighted by molar-refractivity contribution is 0.0659. The molecule has 0 aromatic rings. The molecule has 2 rings (SSSR count). The van der Waals surface area contributed by atoms with Gasteiger partial charge in [-0.2, -0.15) is 0 Å². The van der Waals surface area contributed by atoms with Crippen LogP contribution in [0.25, 0.3) is 0 Å². The van der Waals surface area contributed by atoms with Gasteiger partial charge in [-0.3, -0.25) is 0 Å². The molecule has 2 fully saturated rings. The van der Waals surface area contributed by atoms with E-state index in [1.54, 1.807) is 0 Å². The van der Waals surface area contributed by atoms with Crippen LogP contribution in [0.5, 0.6) is 0 Å². The maximum atomic E-state index is 10.9. The van der Waals surface area contributed by atoms with Crippen LogP contribution in [0.2, 0.25) is 0 Å². The van der Waals surface area contributed by atoms with Crippen molar-refractivity contribution in [3.8, 4) is 0 Å². The number of hydrogen-bond acceptors (Lipinski definition) is 3. The van der Waals surface area contributed by atoms with Crippen LogP contribution >= 0.6 is 12.4 Å². The van der Waals surface area contributed by atoms with Crippen LogP contribution in [0, 0.1) is 17.3 Å². The lowest BCUT2D eigenvalue weighted by atomic mass is 9.64. The number of rotatable bonds is 6. The third kappa shape index (κ3) is 3.48. The molecule has 1 amide bonds. The third-order valence-electron chi connectivity index (χ3n) is 6.16. The topological polar surface area (TPSA) is 50.4 Å². The van der Waals surface area contributed by atoms with Gasteiger partial charge < -0.3 is 15.4 Å². The Kier molecular flexibility index (Phi) is 6.36. The van der Waals surface area contributed by atoms with Crippen LogP contribution in [0.15, 0.2) is 0 Å². The highest BCUT2D eigenvalue weighted by molar-refractivity contribution is 5.85. The summed E-state index contributed by atoms with van der Waals surface area (Å²) in [5, 5.41) is 6.56. The smallest absolute Gasteiger partial charge is 0.406 e. The van der Waals surface area contributed by atoms with E-state index in [2.05, 4.69) is 36.1 Å². The maximum Gasteiger partial charge on any atom is 0.406 e. The number of halogens is 1. The van der Waals surface area contributed by atoms with Gasteiger partial charge in [-0.15, -0.1) is 12.4 Å². The molecule has 5 heteroatoms. The molecule has 21 heavy (non-hydrogen) atoms. The van der Waals surface area contributed by atoms with Crippen molar-refractivity contribution in [1.29, 1.82) is 0 Å². The second-order valence-electron chi connectivity index (χ2n) is 7.18. The largest absolute Gasteiger partial charge is 0.453 e. The molecular weight excluding hydrogens is 288 g/mol. The van der Waals surface area contributed by atoms with Gasteiger partial charge in [-0.05, 0) is 62.8 Å². The van der Waals surface area contributed by atoms with Gasteiger partial charge in [0.25, 0.3) is 0 Å². The monoisotopic (exact) mass is 318 g/mol. The van der Waals surface area contributed by atoms with Crippen molar-refractivity contribution in [1.82, 2.24) is 10.6 Å². The maximum absolute atomic E-state index is 10.9. The van der Waals surface area contributed by atoms with Crippen LogP contribution in [-0.4, -0.2) is 31.8 Å². The zero-order valence-corrected chi connectivity index (χ0v) is 14.6. The summed E-state index contributed by atoms with van der Waals surface area (Å²) in [6.07, 6.45) is 5.96. The number of nitrogens with one attached hydrogen (secondary N) is 2. The van der Waals surface area contributed by atoms with Gasteiger partial charge in [-0.1, -0.05) is 13.8 Å². The van der Waals surface area contributed by atoms with Crippen molar-refractivity contribution in [3.63, 3.8) is 0 Å². The summed E-state index contributed by atoms with van der Waals surface area (Å²) >= 11 is 0. The number of amides is 1. The van der Waals surface area contributed by atoms with E-state index < -0.39 is 0 Å². The summed E-state index contributed by atoms with van der Waals surface area (Å²) in [5.41, 5.74) is 0.686. The average molecular weight is 319 g/mol. The Hall–Kier alpha value is -0.480. The van der Waals surface area contributed by atoms with Crippen molar-refractivity contribution in [3.05, 3.63) is 0 Å². The lowest BCUT2D eigenvalue weighted by Gasteiger charge is -2.48. The first-order valence-electron chi connectivity index (χ1n) is 7.98. The molecule has 124 valence electrons. The van der Waals surface area contributed by atoms with Gasteiger partial charge in [0.05, 0.1) is 7.11 Å². The van der Waals surface area contributed by atoms with Gasteiger partial charge in [0.15, 0.2) is 0 Å². The summed E-state index contributed by atoms with van der Waals surface area (Å²) < 4.78 is 4.55. The summed E-state index contributed by atoms with van der Waals surface area (Å²) in [6, 6.07) is 0. The van der Waals surface area contributed by atoms with Crippen molar-refractivity contribution < 1.29 is 9.53 Å². The first kappa shape index (κ1) is 18.6. The van der Waals surface area contributed by atoms with E-state index in [1.165, 1.54) is 26.4 Å². The van der Waals surface area contributed by atoms with E-state index in [0.717, 1.165) is 31.2 Å². The summed E-state index contributed by atoms with van der Waals surface area (Å²) in [4.78, 5) is 10.9. The van der Waals surface area contributed by atoms with E-state index in [-0.39, 0.29) is 24.0 Å². The molecule has 0 radical (unpaired) electrons. The van der Waals surface area contributed by atoms with Gasteiger partial charge in [-0.25, -0.2) is 4.79 Å². The molecule has 2 bridgehead atoms. The molecule has 0 aromatic heterocycles. The fourth-order valence-electron chi connectivity index (χ4n) is 4.34. The lowest BCUT2D eigenvalue weighted by Crippen LogP contribution is -2.57. The van der Waals surface area contributed by atoms with E-state index in [0.29, 0.717) is 12.0 Å². The Labute approximate surface area is 135 Å². The van der Waals surface area contributed by atoms with Crippen LogP contribution in [0.3, 0.4) is 0 Å². The fourth-order valence-corrected chi connectivity index (χ4v) is 4.34. The van der Waals surface area contributed by atoms with Crippen LogP contribution in [-0.2, 0) is 4.74 Å². The molecule has 0 heterocycles. The normalized spacial score (nSPS) is 32.6. The van der Waals surface area contributed by atoms with E-state index in [9.17, 15) is 4.79 Å². The highest BCUT2D eigenvalue weighted by Crippen LogP contribution is 2.61. The van der Waals surface area contributed by atoms with Crippen molar-refractivity contribution in [2.24, 2.45) is 17.3 Å². The number of ether oxygens (including phenoxy) is 1. The molecule has 3 unspecified atom stereocenters. The van der Waals surface area contributed by atoms with Gasteiger partial charge >= 0.3 is 6.09 Å². The Morgan fingerprint density at radius 3 is 2.33 bits per heavy atom. The molecule has 4 nitrogen and oxygen atoms in total. The summed E-state index contributed by atoms with van der Waals surface area (Å²) in [7, 11) is 1.40. The molecule has 0 spiro atoms. The quantitative estimate of drug-likeness (QED) is 0.738. The number of carbonyl (C=O) groups is 1. The molecule has 2 aliphatic carbocycles. The van der Waals surface area contributed by atoms with Crippen LogP contribution in [0.4, 0.5) is 4.79 Å². The van der Waals surface area contributed by atoms with Crippen molar-refractivity contribution in [2.45, 2.75) is 58.4 Å². The summed E-state index contributed by atoms with van der Waals surface area (Å²) in [6.45, 7) is 9.02. The second kappa shape index (κ2) is 7.19. The SMILES string of the molecule is COC(=O)NCCCCNC1(C)C2CCC(C2)C1(C)C.Cl. The molecule has 2 N–H and O–H groups in total. The molecule has 0 saturated heterocycles. The van der Waals surface area contributed by atoms with E-state index in [1.807, 2.05) is 0 Å². The number of carbonyl (C=O) groups excluding carboxylic acids is 1. The van der Waals surface area contributed by atoms with E-state index >= 15 is 0 Å². The molecule has 3 atom stereocenters. The number of alkyl carbamates (subject to hydrolysis) is 1. The Balaban J connectivity index is 0.00000220. The number of unbranched alkanes of at least 4 members (excludes halogenated alkanes) is 1. The van der Waals surface area contributed by atoms with Gasteiger partial charge in [0, 0.05) is 12.1 Å². The van der Waals surface area contributed by atoms with Gasteiger partial charge in [0.2, 0.25) is 0 Å². The standard InChI is InChI=1S/C16H30N2O2.ClH/c1-15(2)12-7-8-13(11-12)16(15,3)18-10-6-5-9-17-14(19)20-4;/h12-13,18H,5-11H2,1-4H3,(H,17,19);1H. The van der Waals surface area contributed by atoms with E-state index in [4.69, 9.17) is 0 Å². The minimum absolute atomic E-state index is 0.